The van der Waals surface area contributed by atoms with Crippen LogP contribution in [0.1, 0.15) is 25.7 Å². The highest BCUT2D eigenvalue weighted by molar-refractivity contribution is 7.87. The summed E-state index contributed by atoms with van der Waals surface area (Å²) in [6.45, 7) is 1.03. The minimum Gasteiger partial charge on any atom is -0.396 e. The lowest BCUT2D eigenvalue weighted by Gasteiger charge is -2.37. The first-order chi connectivity index (χ1) is 8.55. The summed E-state index contributed by atoms with van der Waals surface area (Å²) in [4.78, 5) is 0. The maximum Gasteiger partial charge on any atom is 0.279 e. The Hall–Kier alpha value is -0.210. The Bertz CT molecular complexity index is 367. The molecule has 2 fully saturated rings. The van der Waals surface area contributed by atoms with Gasteiger partial charge in [-0.25, -0.2) is 0 Å². The second kappa shape index (κ2) is 5.83. The Balaban J connectivity index is 1.86. The van der Waals surface area contributed by atoms with Crippen molar-refractivity contribution in [2.24, 2.45) is 5.92 Å². The molecule has 2 N–H and O–H groups in total. The quantitative estimate of drug-likeness (QED) is 0.724. The highest BCUT2D eigenvalue weighted by atomic mass is 32.2. The number of hydrogen-bond acceptors (Lipinski definition) is 4. The second-order valence-electron chi connectivity index (χ2n) is 5.20. The molecule has 0 amide bonds. The van der Waals surface area contributed by atoms with Crippen LogP contribution in [0.25, 0.3) is 0 Å². The van der Waals surface area contributed by atoms with Gasteiger partial charge in [-0.3, -0.25) is 0 Å². The summed E-state index contributed by atoms with van der Waals surface area (Å²) < 4.78 is 33.6. The minimum atomic E-state index is -3.40. The van der Waals surface area contributed by atoms with Gasteiger partial charge in [0, 0.05) is 32.8 Å². The molecule has 18 heavy (non-hydrogen) atoms. The zero-order valence-electron chi connectivity index (χ0n) is 10.7. The molecule has 0 aromatic heterocycles. The van der Waals surface area contributed by atoms with Gasteiger partial charge in [-0.2, -0.15) is 17.4 Å². The fourth-order valence-corrected chi connectivity index (χ4v) is 4.07. The van der Waals surface area contributed by atoms with Gasteiger partial charge in [0.1, 0.15) is 0 Å². The monoisotopic (exact) mass is 278 g/mol. The zero-order chi connectivity index (χ0) is 13.2. The lowest BCUT2D eigenvalue weighted by molar-refractivity contribution is 0.0230. The second-order valence-corrected chi connectivity index (χ2v) is 6.90. The third-order valence-corrected chi connectivity index (χ3v) is 5.47. The van der Waals surface area contributed by atoms with E-state index in [2.05, 4.69) is 4.72 Å². The van der Waals surface area contributed by atoms with Crippen molar-refractivity contribution in [3.8, 4) is 0 Å². The molecule has 106 valence electrons. The number of aliphatic hydroxyl groups is 1. The van der Waals surface area contributed by atoms with E-state index < -0.39 is 10.2 Å². The summed E-state index contributed by atoms with van der Waals surface area (Å²) in [6.07, 6.45) is 3.39. The van der Waals surface area contributed by atoms with Crippen LogP contribution in [0.15, 0.2) is 0 Å². The van der Waals surface area contributed by atoms with Crippen LogP contribution in [0.4, 0.5) is 0 Å². The van der Waals surface area contributed by atoms with Crippen LogP contribution in [-0.4, -0.2) is 56.8 Å². The molecule has 7 heteroatoms. The van der Waals surface area contributed by atoms with Gasteiger partial charge in [-0.1, -0.05) is 0 Å². The fraction of sp³-hybridized carbons (Fsp3) is 1.00. The summed E-state index contributed by atoms with van der Waals surface area (Å²) >= 11 is 0. The minimum absolute atomic E-state index is 0.00514. The van der Waals surface area contributed by atoms with Crippen LogP contribution in [0.2, 0.25) is 0 Å². The Kier molecular flexibility index (Phi) is 4.60. The number of piperidine rings is 1. The Morgan fingerprint density at radius 2 is 2.17 bits per heavy atom. The number of aliphatic hydroxyl groups excluding tert-OH is 1. The van der Waals surface area contributed by atoms with Gasteiger partial charge in [0.05, 0.1) is 6.10 Å². The van der Waals surface area contributed by atoms with E-state index in [1.54, 1.807) is 7.11 Å². The third kappa shape index (κ3) is 3.21. The first kappa shape index (κ1) is 14.2. The fourth-order valence-electron chi connectivity index (χ4n) is 2.53. The smallest absolute Gasteiger partial charge is 0.279 e. The summed E-state index contributed by atoms with van der Waals surface area (Å²) in [5.74, 6) is 0.0726. The van der Waals surface area contributed by atoms with E-state index >= 15 is 0 Å². The first-order valence-electron chi connectivity index (χ1n) is 6.46. The standard InChI is InChI=1S/C11H22N2O4S/c1-17-11-5-10(6-11)12-18(15,16)13-4-2-3-9(7-13)8-14/h9-12,14H,2-8H2,1H3. The van der Waals surface area contributed by atoms with Crippen LogP contribution < -0.4 is 4.72 Å². The van der Waals surface area contributed by atoms with Gasteiger partial charge in [0.15, 0.2) is 0 Å². The van der Waals surface area contributed by atoms with Gasteiger partial charge in [-0.05, 0) is 31.6 Å². The van der Waals surface area contributed by atoms with Crippen molar-refractivity contribution in [1.29, 1.82) is 0 Å². The lowest BCUT2D eigenvalue weighted by atomic mass is 9.90. The van der Waals surface area contributed by atoms with E-state index in [9.17, 15) is 8.42 Å². The average molecular weight is 278 g/mol. The maximum atomic E-state index is 12.1. The Morgan fingerprint density at radius 1 is 1.44 bits per heavy atom. The highest BCUT2D eigenvalue weighted by Gasteiger charge is 2.35. The average Bonchev–Trinajstić information content (AvgIpc) is 2.33. The van der Waals surface area contributed by atoms with E-state index in [0.717, 1.165) is 25.7 Å². The summed E-state index contributed by atoms with van der Waals surface area (Å²) in [5, 5.41) is 9.12. The summed E-state index contributed by atoms with van der Waals surface area (Å²) in [7, 11) is -1.76. The molecule has 0 spiro atoms. The first-order valence-corrected chi connectivity index (χ1v) is 7.90. The van der Waals surface area contributed by atoms with Crippen molar-refractivity contribution in [2.75, 3.05) is 26.8 Å². The number of nitrogens with zero attached hydrogens (tertiary/aromatic N) is 1. The van der Waals surface area contributed by atoms with Crippen LogP contribution in [0.5, 0.6) is 0 Å². The molecular formula is C11H22N2O4S. The topological polar surface area (TPSA) is 78.9 Å². The zero-order valence-corrected chi connectivity index (χ0v) is 11.5. The third-order valence-electron chi connectivity index (χ3n) is 3.82. The van der Waals surface area contributed by atoms with Crippen molar-refractivity contribution < 1.29 is 18.3 Å². The SMILES string of the molecule is COC1CC(NS(=O)(=O)N2CCCC(CO)C2)C1. The van der Waals surface area contributed by atoms with Crippen molar-refractivity contribution in [2.45, 2.75) is 37.8 Å². The summed E-state index contributed by atoms with van der Waals surface area (Å²) in [5.41, 5.74) is 0. The van der Waals surface area contributed by atoms with Crippen LogP contribution in [0.3, 0.4) is 0 Å². The number of rotatable bonds is 5. The molecule has 2 rings (SSSR count). The van der Waals surface area contributed by atoms with Crippen molar-refractivity contribution in [1.82, 2.24) is 9.03 Å². The molecule has 1 saturated carbocycles. The molecule has 1 unspecified atom stereocenters. The molecule has 1 aliphatic heterocycles. The molecule has 1 aliphatic carbocycles. The molecule has 1 atom stereocenters. The van der Waals surface area contributed by atoms with Crippen LogP contribution in [-0.2, 0) is 14.9 Å². The number of hydrogen-bond donors (Lipinski definition) is 2. The summed E-state index contributed by atoms with van der Waals surface area (Å²) in [6, 6.07) is -0.00514. The lowest BCUT2D eigenvalue weighted by Crippen LogP contribution is -2.54. The normalized spacial score (nSPS) is 34.2. The molecule has 0 bridgehead atoms. The van der Waals surface area contributed by atoms with Crippen molar-refractivity contribution in [3.05, 3.63) is 0 Å². The largest absolute Gasteiger partial charge is 0.396 e. The maximum absolute atomic E-state index is 12.1. The van der Waals surface area contributed by atoms with E-state index in [1.165, 1.54) is 4.31 Å². The van der Waals surface area contributed by atoms with Gasteiger partial charge in [0.2, 0.25) is 0 Å². The molecule has 0 aromatic rings. The molecule has 0 radical (unpaired) electrons. The number of ether oxygens (including phenoxy) is 1. The van der Waals surface area contributed by atoms with Gasteiger partial charge in [-0.15, -0.1) is 0 Å². The Morgan fingerprint density at radius 3 is 2.78 bits per heavy atom. The van der Waals surface area contributed by atoms with Gasteiger partial charge < -0.3 is 9.84 Å². The molecule has 1 saturated heterocycles. The number of nitrogens with one attached hydrogen (secondary N) is 1. The van der Waals surface area contributed by atoms with E-state index in [-0.39, 0.29) is 24.7 Å². The molecule has 6 nitrogen and oxygen atoms in total. The van der Waals surface area contributed by atoms with E-state index in [1.807, 2.05) is 0 Å². The molecular weight excluding hydrogens is 256 g/mol. The Labute approximate surface area is 108 Å². The molecule has 1 heterocycles. The predicted molar refractivity (Wildman–Crippen MR) is 67.3 cm³/mol. The predicted octanol–water partition coefficient (Wildman–Crippen LogP) is -0.297. The van der Waals surface area contributed by atoms with Crippen LogP contribution in [0, 0.1) is 5.92 Å². The van der Waals surface area contributed by atoms with Crippen molar-refractivity contribution in [3.63, 3.8) is 0 Å². The number of methoxy groups -OCH3 is 1. The van der Waals surface area contributed by atoms with Crippen LogP contribution >= 0.6 is 0 Å². The van der Waals surface area contributed by atoms with Gasteiger partial charge in [0.25, 0.3) is 10.2 Å². The highest BCUT2D eigenvalue weighted by Crippen LogP contribution is 2.25. The van der Waals surface area contributed by atoms with Gasteiger partial charge >= 0.3 is 0 Å². The molecule has 2 aliphatic rings. The molecule has 0 aromatic carbocycles. The van der Waals surface area contributed by atoms with E-state index in [0.29, 0.717) is 13.1 Å². The van der Waals surface area contributed by atoms with E-state index in [4.69, 9.17) is 9.84 Å². The van der Waals surface area contributed by atoms with Crippen molar-refractivity contribution >= 4 is 10.2 Å².